The summed E-state index contributed by atoms with van der Waals surface area (Å²) in [6, 6.07) is 4.22. The zero-order chi connectivity index (χ0) is 13.8. The van der Waals surface area contributed by atoms with Crippen molar-refractivity contribution in [2.24, 2.45) is 0 Å². The Hall–Kier alpha value is -2.02. The van der Waals surface area contributed by atoms with Crippen LogP contribution in [0.5, 0.6) is 5.75 Å². The molecule has 2 rings (SSSR count). The maximum atomic E-state index is 13.6. The lowest BCUT2D eigenvalue weighted by atomic mass is 10.1. The van der Waals surface area contributed by atoms with E-state index >= 15 is 0 Å². The van der Waals surface area contributed by atoms with Gasteiger partial charge in [-0.1, -0.05) is 6.07 Å². The standard InChI is InChI=1S/C12H12FN3O2S/c1-7(15-12(17)10-6-14-19-16-10)8-3-4-11(18-2)9(13)5-8/h3-7H,1-2H3,(H,15,17)/t7-/m0/s1. The molecule has 1 atom stereocenters. The summed E-state index contributed by atoms with van der Waals surface area (Å²) in [5.41, 5.74) is 0.903. The third-order valence-electron chi connectivity index (χ3n) is 2.62. The fraction of sp³-hybridized carbons (Fsp3) is 0.250. The van der Waals surface area contributed by atoms with Crippen molar-refractivity contribution in [2.75, 3.05) is 7.11 Å². The van der Waals surface area contributed by atoms with Crippen molar-refractivity contribution in [3.8, 4) is 5.75 Å². The van der Waals surface area contributed by atoms with Crippen LogP contribution >= 0.6 is 11.7 Å². The highest BCUT2D eigenvalue weighted by atomic mass is 32.1. The molecule has 0 unspecified atom stereocenters. The lowest BCUT2D eigenvalue weighted by Gasteiger charge is -2.14. The zero-order valence-corrected chi connectivity index (χ0v) is 11.2. The second-order valence-electron chi connectivity index (χ2n) is 3.88. The van der Waals surface area contributed by atoms with Crippen LogP contribution in [0.25, 0.3) is 0 Å². The van der Waals surface area contributed by atoms with Crippen molar-refractivity contribution >= 4 is 17.6 Å². The number of nitrogens with one attached hydrogen (secondary N) is 1. The molecule has 0 bridgehead atoms. The molecule has 100 valence electrons. The average Bonchev–Trinajstić information content (AvgIpc) is 2.92. The van der Waals surface area contributed by atoms with Crippen molar-refractivity contribution in [1.82, 2.24) is 14.1 Å². The van der Waals surface area contributed by atoms with Crippen molar-refractivity contribution in [3.05, 3.63) is 41.5 Å². The highest BCUT2D eigenvalue weighted by Gasteiger charge is 2.15. The molecule has 0 aliphatic carbocycles. The minimum atomic E-state index is -0.462. The number of benzene rings is 1. The lowest BCUT2D eigenvalue weighted by molar-refractivity contribution is 0.0935. The lowest BCUT2D eigenvalue weighted by Crippen LogP contribution is -2.26. The molecule has 5 nitrogen and oxygen atoms in total. The predicted octanol–water partition coefficient (Wildman–Crippen LogP) is 2.18. The van der Waals surface area contributed by atoms with E-state index in [9.17, 15) is 9.18 Å². The molecule has 2 aromatic rings. The minimum Gasteiger partial charge on any atom is -0.494 e. The van der Waals surface area contributed by atoms with Crippen LogP contribution in [0.1, 0.15) is 29.0 Å². The van der Waals surface area contributed by atoms with Crippen molar-refractivity contribution in [3.63, 3.8) is 0 Å². The van der Waals surface area contributed by atoms with Crippen LogP contribution in [0.4, 0.5) is 4.39 Å². The van der Waals surface area contributed by atoms with Crippen LogP contribution in [-0.2, 0) is 0 Å². The number of aromatic nitrogens is 2. The Morgan fingerprint density at radius 1 is 1.53 bits per heavy atom. The summed E-state index contributed by atoms with van der Waals surface area (Å²) in [7, 11) is 1.40. The van der Waals surface area contributed by atoms with E-state index in [2.05, 4.69) is 14.1 Å². The van der Waals surface area contributed by atoms with Crippen molar-refractivity contribution < 1.29 is 13.9 Å². The smallest absolute Gasteiger partial charge is 0.273 e. The number of amides is 1. The fourth-order valence-electron chi connectivity index (χ4n) is 1.57. The summed E-state index contributed by atoms with van der Waals surface area (Å²) < 4.78 is 26.0. The molecule has 0 radical (unpaired) electrons. The van der Waals surface area contributed by atoms with E-state index in [1.807, 2.05) is 0 Å². The van der Waals surface area contributed by atoms with Gasteiger partial charge in [-0.15, -0.1) is 0 Å². The molecule has 7 heteroatoms. The molecule has 19 heavy (non-hydrogen) atoms. The molecule has 0 saturated carbocycles. The predicted molar refractivity (Wildman–Crippen MR) is 68.7 cm³/mol. The SMILES string of the molecule is COc1ccc([C@H](C)NC(=O)c2cnsn2)cc1F. The molecule has 0 spiro atoms. The second kappa shape index (κ2) is 5.75. The van der Waals surface area contributed by atoms with E-state index in [1.54, 1.807) is 13.0 Å². The molecule has 0 aliphatic heterocycles. The number of ether oxygens (including phenoxy) is 1. The van der Waals surface area contributed by atoms with Gasteiger partial charge < -0.3 is 10.1 Å². The van der Waals surface area contributed by atoms with Gasteiger partial charge in [0.1, 0.15) is 0 Å². The van der Waals surface area contributed by atoms with Gasteiger partial charge in [0, 0.05) is 0 Å². The van der Waals surface area contributed by atoms with Crippen LogP contribution in [0.15, 0.2) is 24.4 Å². The maximum absolute atomic E-state index is 13.6. The van der Waals surface area contributed by atoms with E-state index in [4.69, 9.17) is 4.74 Å². The number of carbonyl (C=O) groups excluding carboxylic acids is 1. The van der Waals surface area contributed by atoms with E-state index in [1.165, 1.54) is 25.4 Å². The normalized spacial score (nSPS) is 11.9. The fourth-order valence-corrected chi connectivity index (χ4v) is 1.98. The maximum Gasteiger partial charge on any atom is 0.273 e. The summed E-state index contributed by atoms with van der Waals surface area (Å²) in [6.45, 7) is 1.76. The number of rotatable bonds is 4. The minimum absolute atomic E-state index is 0.172. The van der Waals surface area contributed by atoms with Gasteiger partial charge in [0.25, 0.3) is 5.91 Å². The van der Waals surface area contributed by atoms with Crippen molar-refractivity contribution in [2.45, 2.75) is 13.0 Å². The molecule has 1 aromatic carbocycles. The Kier molecular flexibility index (Phi) is 4.06. The molecule has 0 aliphatic rings. The van der Waals surface area contributed by atoms with Gasteiger partial charge in [-0.3, -0.25) is 4.79 Å². The number of halogens is 1. The Balaban J connectivity index is 2.09. The first-order valence-electron chi connectivity index (χ1n) is 5.53. The van der Waals surface area contributed by atoms with Gasteiger partial charge in [-0.25, -0.2) is 4.39 Å². The molecule has 1 N–H and O–H groups in total. The molecule has 1 heterocycles. The van der Waals surface area contributed by atoms with Crippen LogP contribution in [0.2, 0.25) is 0 Å². The van der Waals surface area contributed by atoms with E-state index < -0.39 is 5.82 Å². The molecule has 1 aromatic heterocycles. The number of methoxy groups -OCH3 is 1. The topological polar surface area (TPSA) is 64.1 Å². The highest BCUT2D eigenvalue weighted by molar-refractivity contribution is 6.99. The first kappa shape index (κ1) is 13.4. The summed E-state index contributed by atoms with van der Waals surface area (Å²) in [5.74, 6) is -0.625. The zero-order valence-electron chi connectivity index (χ0n) is 10.4. The Morgan fingerprint density at radius 3 is 2.89 bits per heavy atom. The molecular formula is C12H12FN3O2S. The van der Waals surface area contributed by atoms with Gasteiger partial charge >= 0.3 is 0 Å². The summed E-state index contributed by atoms with van der Waals surface area (Å²) in [6.07, 6.45) is 1.39. The second-order valence-corrected chi connectivity index (χ2v) is 4.44. The first-order valence-corrected chi connectivity index (χ1v) is 6.26. The summed E-state index contributed by atoms with van der Waals surface area (Å²) in [5, 5.41) is 2.72. The molecule has 0 fully saturated rings. The van der Waals surface area contributed by atoms with Gasteiger partial charge in [-0.05, 0) is 24.6 Å². The van der Waals surface area contributed by atoms with Crippen LogP contribution in [0, 0.1) is 5.82 Å². The summed E-state index contributed by atoms with van der Waals surface area (Å²) >= 11 is 0.961. The van der Waals surface area contributed by atoms with Gasteiger partial charge in [0.05, 0.1) is 31.1 Å². The van der Waals surface area contributed by atoms with E-state index in [0.29, 0.717) is 5.56 Å². The van der Waals surface area contributed by atoms with E-state index in [0.717, 1.165) is 11.7 Å². The number of nitrogens with zero attached hydrogens (tertiary/aromatic N) is 2. The van der Waals surface area contributed by atoms with Gasteiger partial charge in [-0.2, -0.15) is 8.75 Å². The summed E-state index contributed by atoms with van der Waals surface area (Å²) in [4.78, 5) is 11.8. The van der Waals surface area contributed by atoms with Gasteiger partial charge in [0.2, 0.25) is 0 Å². The Morgan fingerprint density at radius 2 is 2.32 bits per heavy atom. The number of hydrogen-bond donors (Lipinski definition) is 1. The number of hydrogen-bond acceptors (Lipinski definition) is 5. The van der Waals surface area contributed by atoms with Crippen LogP contribution < -0.4 is 10.1 Å². The average molecular weight is 281 g/mol. The Labute approximate surface area is 113 Å². The largest absolute Gasteiger partial charge is 0.494 e. The van der Waals surface area contributed by atoms with Crippen molar-refractivity contribution in [1.29, 1.82) is 0 Å². The van der Waals surface area contributed by atoms with Crippen LogP contribution in [0.3, 0.4) is 0 Å². The molecule has 0 saturated heterocycles. The number of carbonyl (C=O) groups is 1. The van der Waals surface area contributed by atoms with E-state index in [-0.39, 0.29) is 23.4 Å². The third kappa shape index (κ3) is 3.05. The van der Waals surface area contributed by atoms with Gasteiger partial charge in [0.15, 0.2) is 17.3 Å². The first-order chi connectivity index (χ1) is 9.11. The van der Waals surface area contributed by atoms with Crippen LogP contribution in [-0.4, -0.2) is 21.8 Å². The Bertz CT molecular complexity index is 574. The molecule has 1 amide bonds. The molecular weight excluding hydrogens is 269 g/mol. The monoisotopic (exact) mass is 281 g/mol. The quantitative estimate of drug-likeness (QED) is 0.933. The highest BCUT2D eigenvalue weighted by Crippen LogP contribution is 2.21. The third-order valence-corrected chi connectivity index (χ3v) is 3.10.